The minimum atomic E-state index is 0.153. The van der Waals surface area contributed by atoms with Crippen LogP contribution in [0.25, 0.3) is 0 Å². The second kappa shape index (κ2) is 5.41. The fourth-order valence-electron chi connectivity index (χ4n) is 2.89. The fraction of sp³-hybridized carbons (Fsp3) is 0.786. The third kappa shape index (κ3) is 2.85. The molecule has 1 aromatic heterocycles. The van der Waals surface area contributed by atoms with Crippen molar-refractivity contribution in [2.75, 3.05) is 6.26 Å². The van der Waals surface area contributed by atoms with Crippen molar-refractivity contribution in [2.45, 2.75) is 63.2 Å². The van der Waals surface area contributed by atoms with E-state index in [1.165, 1.54) is 31.4 Å². The van der Waals surface area contributed by atoms with Gasteiger partial charge in [0.25, 0.3) is 0 Å². The molecule has 1 saturated carbocycles. The van der Waals surface area contributed by atoms with Crippen molar-refractivity contribution in [3.8, 4) is 0 Å². The van der Waals surface area contributed by atoms with E-state index in [9.17, 15) is 0 Å². The van der Waals surface area contributed by atoms with Gasteiger partial charge in [-0.2, -0.15) is 11.8 Å². The summed E-state index contributed by atoms with van der Waals surface area (Å²) in [6.45, 7) is 6.78. The highest BCUT2D eigenvalue weighted by atomic mass is 32.2. The third-order valence-corrected chi connectivity index (χ3v) is 5.29. The first-order valence-corrected chi connectivity index (χ1v) is 8.46. The highest BCUT2D eigenvalue weighted by Crippen LogP contribution is 2.36. The minimum absolute atomic E-state index is 0.153. The summed E-state index contributed by atoms with van der Waals surface area (Å²) in [5.41, 5.74) is 1.50. The van der Waals surface area contributed by atoms with E-state index < -0.39 is 0 Å². The Morgan fingerprint density at radius 3 is 2.72 bits per heavy atom. The molecule has 0 amide bonds. The van der Waals surface area contributed by atoms with Crippen molar-refractivity contribution in [3.05, 3.63) is 16.7 Å². The van der Waals surface area contributed by atoms with Crippen molar-refractivity contribution >= 4 is 24.0 Å². The molecule has 2 atom stereocenters. The zero-order valence-electron chi connectivity index (χ0n) is 11.8. The van der Waals surface area contributed by atoms with Crippen molar-refractivity contribution in [3.63, 3.8) is 0 Å². The molecule has 1 aromatic rings. The number of thioether (sulfide) groups is 1. The number of imidazole rings is 1. The van der Waals surface area contributed by atoms with Crippen LogP contribution in [0.15, 0.2) is 6.20 Å². The van der Waals surface area contributed by atoms with E-state index >= 15 is 0 Å². The lowest BCUT2D eigenvalue weighted by Gasteiger charge is -2.32. The molecular weight excluding hydrogens is 260 g/mol. The number of nitrogens with one attached hydrogen (secondary N) is 1. The Hall–Kier alpha value is -0.220. The monoisotopic (exact) mass is 284 g/mol. The summed E-state index contributed by atoms with van der Waals surface area (Å²) in [4.78, 5) is 3.24. The summed E-state index contributed by atoms with van der Waals surface area (Å²) < 4.78 is 3.28. The van der Waals surface area contributed by atoms with Gasteiger partial charge in [-0.05, 0) is 37.7 Å². The van der Waals surface area contributed by atoms with E-state index in [4.69, 9.17) is 12.2 Å². The lowest BCUT2D eigenvalue weighted by molar-refractivity contribution is 0.338. The Balaban J connectivity index is 2.33. The Bertz CT molecular complexity index is 453. The topological polar surface area (TPSA) is 20.7 Å². The highest BCUT2D eigenvalue weighted by molar-refractivity contribution is 7.99. The number of hydrogen-bond donors (Lipinski definition) is 1. The molecule has 0 saturated heterocycles. The van der Waals surface area contributed by atoms with E-state index in [0.717, 1.165) is 10.0 Å². The number of nitrogens with zero attached hydrogens (tertiary/aromatic N) is 1. The van der Waals surface area contributed by atoms with Crippen LogP contribution in [0.1, 0.15) is 58.2 Å². The van der Waals surface area contributed by atoms with Crippen LogP contribution in [0.4, 0.5) is 0 Å². The van der Waals surface area contributed by atoms with E-state index in [-0.39, 0.29) is 5.41 Å². The van der Waals surface area contributed by atoms with Crippen molar-refractivity contribution in [1.82, 2.24) is 9.55 Å². The summed E-state index contributed by atoms with van der Waals surface area (Å²) in [7, 11) is 0. The zero-order chi connectivity index (χ0) is 13.3. The largest absolute Gasteiger partial charge is 0.337 e. The van der Waals surface area contributed by atoms with Gasteiger partial charge < -0.3 is 9.55 Å². The van der Waals surface area contributed by atoms with Crippen molar-refractivity contribution in [1.29, 1.82) is 0 Å². The summed E-state index contributed by atoms with van der Waals surface area (Å²) in [5, 5.41) is 0.799. The van der Waals surface area contributed by atoms with E-state index in [0.29, 0.717) is 6.04 Å². The maximum atomic E-state index is 5.50. The number of aromatic nitrogens is 2. The van der Waals surface area contributed by atoms with Gasteiger partial charge in [0.05, 0.1) is 0 Å². The fourth-order valence-corrected chi connectivity index (χ4v) is 4.01. The molecule has 2 nitrogen and oxygen atoms in total. The van der Waals surface area contributed by atoms with Gasteiger partial charge in [-0.3, -0.25) is 0 Å². The molecule has 2 unspecified atom stereocenters. The van der Waals surface area contributed by atoms with E-state index in [1.54, 1.807) is 0 Å². The summed E-state index contributed by atoms with van der Waals surface area (Å²) in [5.74, 6) is 0. The van der Waals surface area contributed by atoms with Gasteiger partial charge in [-0.25, -0.2) is 0 Å². The van der Waals surface area contributed by atoms with E-state index in [2.05, 4.69) is 42.8 Å². The third-order valence-electron chi connectivity index (χ3n) is 3.88. The van der Waals surface area contributed by atoms with Gasteiger partial charge in [-0.15, -0.1) is 0 Å². The predicted octanol–water partition coefficient (Wildman–Crippen LogP) is 4.69. The van der Waals surface area contributed by atoms with Gasteiger partial charge in [-0.1, -0.05) is 27.2 Å². The number of hydrogen-bond acceptors (Lipinski definition) is 2. The maximum absolute atomic E-state index is 5.50. The van der Waals surface area contributed by atoms with Crippen LogP contribution in [0.3, 0.4) is 0 Å². The molecule has 0 aromatic carbocycles. The van der Waals surface area contributed by atoms with E-state index in [1.807, 2.05) is 11.8 Å². The standard InChI is InChI=1S/C14H24N2S2/c1-14(2,3)12-9-15-13(17)16(12)10-6-5-7-11(8-10)18-4/h9-11H,5-8H2,1-4H3,(H,15,17). The SMILES string of the molecule is CSC1CCCC(n2c(C(C)(C)C)c[nH]c2=S)C1. The predicted molar refractivity (Wildman–Crippen MR) is 83.1 cm³/mol. The Labute approximate surface area is 120 Å². The molecule has 18 heavy (non-hydrogen) atoms. The molecule has 0 radical (unpaired) electrons. The van der Waals surface area contributed by atoms with Crippen LogP contribution in [0, 0.1) is 4.77 Å². The molecular formula is C14H24N2S2. The number of H-pyrrole nitrogens is 1. The first-order valence-electron chi connectivity index (χ1n) is 6.76. The summed E-state index contributed by atoms with van der Waals surface area (Å²) >= 11 is 7.51. The Morgan fingerprint density at radius 2 is 2.11 bits per heavy atom. The molecule has 1 heterocycles. The molecule has 0 aliphatic heterocycles. The second-order valence-electron chi connectivity index (χ2n) is 6.28. The quantitative estimate of drug-likeness (QED) is 0.795. The van der Waals surface area contributed by atoms with Crippen molar-refractivity contribution in [2.24, 2.45) is 0 Å². The summed E-state index contributed by atoms with van der Waals surface area (Å²) in [6, 6.07) is 0.587. The van der Waals surface area contributed by atoms with Gasteiger partial charge in [0.2, 0.25) is 0 Å². The lowest BCUT2D eigenvalue weighted by Crippen LogP contribution is -2.26. The molecule has 0 bridgehead atoms. The average Bonchev–Trinajstić information content (AvgIpc) is 2.71. The molecule has 2 rings (SSSR count). The number of aromatic amines is 1. The average molecular weight is 284 g/mol. The Kier molecular flexibility index (Phi) is 4.27. The first kappa shape index (κ1) is 14.2. The van der Waals surface area contributed by atoms with Crippen LogP contribution in [-0.4, -0.2) is 21.1 Å². The second-order valence-corrected chi connectivity index (χ2v) is 7.80. The van der Waals surface area contributed by atoms with Crippen LogP contribution in [0.5, 0.6) is 0 Å². The highest BCUT2D eigenvalue weighted by Gasteiger charge is 2.28. The minimum Gasteiger partial charge on any atom is -0.337 e. The van der Waals surface area contributed by atoms with Crippen LogP contribution >= 0.6 is 24.0 Å². The molecule has 1 N–H and O–H groups in total. The smallest absolute Gasteiger partial charge is 0.177 e. The van der Waals surface area contributed by atoms with Gasteiger partial charge in [0, 0.05) is 28.6 Å². The molecule has 102 valence electrons. The number of rotatable bonds is 2. The van der Waals surface area contributed by atoms with Crippen molar-refractivity contribution < 1.29 is 0 Å². The van der Waals surface area contributed by atoms with Crippen LogP contribution < -0.4 is 0 Å². The lowest BCUT2D eigenvalue weighted by atomic mass is 9.90. The molecule has 4 heteroatoms. The van der Waals surface area contributed by atoms with Gasteiger partial charge >= 0.3 is 0 Å². The van der Waals surface area contributed by atoms with Gasteiger partial charge in [0.15, 0.2) is 4.77 Å². The van der Waals surface area contributed by atoms with Crippen LogP contribution in [-0.2, 0) is 5.41 Å². The summed E-state index contributed by atoms with van der Waals surface area (Å²) in [6.07, 6.45) is 9.55. The molecule has 1 fully saturated rings. The van der Waals surface area contributed by atoms with Gasteiger partial charge in [0.1, 0.15) is 0 Å². The molecule has 1 aliphatic carbocycles. The normalized spacial score (nSPS) is 25.3. The maximum Gasteiger partial charge on any atom is 0.177 e. The Morgan fingerprint density at radius 1 is 1.39 bits per heavy atom. The zero-order valence-corrected chi connectivity index (χ0v) is 13.5. The molecule has 0 spiro atoms. The molecule has 1 aliphatic rings. The first-order chi connectivity index (χ1) is 8.43. The van der Waals surface area contributed by atoms with Crippen LogP contribution in [0.2, 0.25) is 0 Å².